The largest absolute Gasteiger partial charge is 0.493 e. The summed E-state index contributed by atoms with van der Waals surface area (Å²) in [6.45, 7) is 3.63. The number of aromatic nitrogens is 1. The Morgan fingerprint density at radius 1 is 0.895 bits per heavy atom. The van der Waals surface area contributed by atoms with E-state index in [0.717, 1.165) is 27.6 Å². The van der Waals surface area contributed by atoms with Gasteiger partial charge >= 0.3 is 7.82 Å². The van der Waals surface area contributed by atoms with Crippen LogP contribution in [0.25, 0.3) is 21.8 Å². The normalized spacial score (nSPS) is 11.7. The number of ether oxygens (including phenoxy) is 3. The Bertz CT molecular complexity index is 1280. The number of methoxy groups -OCH3 is 1. The molecule has 12 heteroatoms. The number of aliphatic hydroxyl groups excluding tert-OH is 2. The summed E-state index contributed by atoms with van der Waals surface area (Å²) >= 11 is 0. The number of aromatic amines is 1. The van der Waals surface area contributed by atoms with Crippen molar-refractivity contribution in [3.63, 3.8) is 0 Å². The van der Waals surface area contributed by atoms with Gasteiger partial charge < -0.3 is 49.4 Å². The average Bonchev–Trinajstić information content (AvgIpc) is 3.26. The molecule has 208 valence electrons. The monoisotopic (exact) mass is 550 g/mol. The first-order valence-corrected chi connectivity index (χ1v) is 13.4. The fraction of sp³-hybridized carbons (Fsp3) is 0.308. The third-order valence-electron chi connectivity index (χ3n) is 4.91. The molecule has 0 aliphatic carbocycles. The van der Waals surface area contributed by atoms with E-state index in [1.54, 1.807) is 14.0 Å². The van der Waals surface area contributed by atoms with E-state index >= 15 is 0 Å². The highest BCUT2D eigenvalue weighted by Gasteiger charge is 2.11. The number of nitrogens with one attached hydrogen (secondary N) is 2. The maximum atomic E-state index is 10.3. The van der Waals surface area contributed by atoms with Crippen LogP contribution >= 0.6 is 7.82 Å². The molecule has 1 atom stereocenters. The highest BCUT2D eigenvalue weighted by Crippen LogP contribution is 2.33. The van der Waals surface area contributed by atoms with Crippen LogP contribution in [0.5, 0.6) is 17.2 Å². The lowest BCUT2D eigenvalue weighted by atomic mass is 10.1. The van der Waals surface area contributed by atoms with Crippen molar-refractivity contribution < 1.29 is 43.7 Å². The Hall–Kier alpha value is -3.15. The molecule has 7 N–H and O–H groups in total. The second kappa shape index (κ2) is 16.0. The molecule has 3 aromatic carbocycles. The first-order chi connectivity index (χ1) is 18.2. The van der Waals surface area contributed by atoms with Gasteiger partial charge in [-0.1, -0.05) is 36.4 Å². The maximum Gasteiger partial charge on any atom is 0.466 e. The molecule has 1 aromatic heterocycles. The van der Waals surface area contributed by atoms with Crippen LogP contribution in [0.4, 0.5) is 0 Å². The Labute approximate surface area is 220 Å². The van der Waals surface area contributed by atoms with Crippen molar-refractivity contribution in [2.45, 2.75) is 13.0 Å². The van der Waals surface area contributed by atoms with Crippen LogP contribution in [0.15, 0.2) is 66.7 Å². The first-order valence-electron chi connectivity index (χ1n) is 11.8. The van der Waals surface area contributed by atoms with Gasteiger partial charge in [0.1, 0.15) is 25.1 Å². The number of hydrogen-bond acceptors (Lipinski definition) is 7. The van der Waals surface area contributed by atoms with Gasteiger partial charge in [-0.15, -0.1) is 0 Å². The van der Waals surface area contributed by atoms with E-state index in [9.17, 15) is 5.11 Å². The summed E-state index contributed by atoms with van der Waals surface area (Å²) < 4.78 is 25.8. The Kier molecular flexibility index (Phi) is 13.0. The van der Waals surface area contributed by atoms with E-state index < -0.39 is 13.9 Å². The summed E-state index contributed by atoms with van der Waals surface area (Å²) in [6, 6.07) is 21.6. The van der Waals surface area contributed by atoms with Gasteiger partial charge in [0.25, 0.3) is 0 Å². The number of phosphoric acid groups is 1. The predicted molar refractivity (Wildman–Crippen MR) is 146 cm³/mol. The molecule has 0 spiro atoms. The number of benzene rings is 3. The lowest BCUT2D eigenvalue weighted by Crippen LogP contribution is -2.33. The van der Waals surface area contributed by atoms with E-state index in [2.05, 4.69) is 16.4 Å². The van der Waals surface area contributed by atoms with Crippen molar-refractivity contribution in [1.29, 1.82) is 0 Å². The topological polar surface area (TPSA) is 174 Å². The molecule has 4 aromatic rings. The van der Waals surface area contributed by atoms with Crippen LogP contribution in [-0.4, -0.2) is 76.0 Å². The van der Waals surface area contributed by atoms with Gasteiger partial charge in [0, 0.05) is 36.0 Å². The van der Waals surface area contributed by atoms with Gasteiger partial charge in [-0.2, -0.15) is 0 Å². The summed E-state index contributed by atoms with van der Waals surface area (Å²) in [6.07, 6.45) is -0.628. The third kappa shape index (κ3) is 10.7. The van der Waals surface area contributed by atoms with Crippen molar-refractivity contribution >= 4 is 29.6 Å². The molecule has 0 saturated heterocycles. The van der Waals surface area contributed by atoms with Gasteiger partial charge in [0.15, 0.2) is 11.5 Å². The van der Waals surface area contributed by atoms with E-state index in [-0.39, 0.29) is 13.2 Å². The number of fused-ring (bicyclic) bond motifs is 3. The average molecular weight is 551 g/mol. The second-order valence-corrected chi connectivity index (χ2v) is 8.87. The molecule has 0 fully saturated rings. The van der Waals surface area contributed by atoms with Crippen LogP contribution < -0.4 is 19.5 Å². The molecule has 0 bridgehead atoms. The van der Waals surface area contributed by atoms with Crippen LogP contribution in [0.1, 0.15) is 6.92 Å². The predicted octanol–water partition coefficient (Wildman–Crippen LogP) is 2.81. The van der Waals surface area contributed by atoms with Crippen molar-refractivity contribution in [3.8, 4) is 17.2 Å². The minimum atomic E-state index is -4.64. The lowest BCUT2D eigenvalue weighted by molar-refractivity contribution is 0.106. The van der Waals surface area contributed by atoms with E-state index in [4.69, 9.17) is 38.6 Å². The first kappa shape index (κ1) is 31.1. The summed E-state index contributed by atoms with van der Waals surface area (Å²) in [5.74, 6) is 2.18. The smallest absolute Gasteiger partial charge is 0.466 e. The molecule has 1 unspecified atom stereocenters. The van der Waals surface area contributed by atoms with Crippen LogP contribution in [0.3, 0.4) is 0 Å². The molecule has 4 rings (SSSR count). The molecule has 1 heterocycles. The van der Waals surface area contributed by atoms with Crippen molar-refractivity contribution in [3.05, 3.63) is 66.7 Å². The van der Waals surface area contributed by atoms with Crippen molar-refractivity contribution in [1.82, 2.24) is 10.3 Å². The number of rotatable bonds is 10. The molecule has 0 aliphatic heterocycles. The molecule has 0 radical (unpaired) electrons. The molecule has 0 amide bonds. The second-order valence-electron chi connectivity index (χ2n) is 7.85. The highest BCUT2D eigenvalue weighted by atomic mass is 31.2. The molecule has 11 nitrogen and oxygen atoms in total. The van der Waals surface area contributed by atoms with Crippen molar-refractivity contribution in [2.75, 3.05) is 40.0 Å². The number of para-hydroxylation sites is 3. The molecule has 0 aliphatic rings. The zero-order valence-electron chi connectivity index (χ0n) is 21.3. The summed E-state index contributed by atoms with van der Waals surface area (Å²) in [7, 11) is -3.02. The number of H-pyrrole nitrogens is 1. The molecular weight excluding hydrogens is 515 g/mol. The van der Waals surface area contributed by atoms with Crippen LogP contribution in [0, 0.1) is 0 Å². The van der Waals surface area contributed by atoms with Crippen molar-refractivity contribution in [2.24, 2.45) is 0 Å². The Balaban J connectivity index is 0.000000559. The van der Waals surface area contributed by atoms with Gasteiger partial charge in [-0.25, -0.2) is 4.57 Å². The SMILES string of the molecule is CCO.COc1ccccc1OCCNCC(O)COc1cccc2[nH]c3ccccc3c12.O=P(O)(O)O. The minimum absolute atomic E-state index is 0.207. The standard InChI is InChI=1S/C24H26N2O4.C2H6O.H3O4P/c1-28-21-10-4-5-11-22(21)29-14-13-25-15-17(27)16-30-23-12-6-9-20-24(23)18-7-2-3-8-19(18)26-20;1-2-3;1-5(2,3)4/h2-12,17,25-27H,13-16H2,1H3;3H,2H2,1H3;(H3,1,2,3,4). The quantitative estimate of drug-likeness (QED) is 0.115. The summed E-state index contributed by atoms with van der Waals surface area (Å²) in [4.78, 5) is 25.0. The van der Waals surface area contributed by atoms with Crippen LogP contribution in [-0.2, 0) is 4.57 Å². The Morgan fingerprint density at radius 2 is 1.47 bits per heavy atom. The van der Waals surface area contributed by atoms with Gasteiger partial charge in [-0.3, -0.25) is 0 Å². The summed E-state index contributed by atoms with van der Waals surface area (Å²) in [5.41, 5.74) is 2.09. The molecular formula is C26H35N2O9P. The van der Waals surface area contributed by atoms with Gasteiger partial charge in [-0.05, 0) is 37.3 Å². The summed E-state index contributed by atoms with van der Waals surface area (Å²) in [5, 5.41) is 23.2. The number of aliphatic hydroxyl groups is 2. The van der Waals surface area contributed by atoms with Crippen LogP contribution in [0.2, 0.25) is 0 Å². The zero-order valence-corrected chi connectivity index (χ0v) is 22.2. The maximum absolute atomic E-state index is 10.3. The van der Waals surface area contributed by atoms with Gasteiger partial charge in [0.05, 0.1) is 12.6 Å². The molecule has 0 saturated carbocycles. The third-order valence-corrected chi connectivity index (χ3v) is 4.91. The highest BCUT2D eigenvalue weighted by molar-refractivity contribution is 7.45. The van der Waals surface area contributed by atoms with E-state index in [1.165, 1.54) is 0 Å². The minimum Gasteiger partial charge on any atom is -0.493 e. The van der Waals surface area contributed by atoms with Gasteiger partial charge in [0.2, 0.25) is 0 Å². The zero-order chi connectivity index (χ0) is 28.0. The fourth-order valence-electron chi connectivity index (χ4n) is 3.47. The fourth-order valence-corrected chi connectivity index (χ4v) is 3.47. The molecule has 38 heavy (non-hydrogen) atoms. The lowest BCUT2D eigenvalue weighted by Gasteiger charge is -2.15. The number of hydrogen-bond donors (Lipinski definition) is 7. The van der Waals surface area contributed by atoms with E-state index in [1.807, 2.05) is 60.7 Å². The Morgan fingerprint density at radius 3 is 2.16 bits per heavy atom. The van der Waals surface area contributed by atoms with E-state index in [0.29, 0.717) is 31.2 Å².